The van der Waals surface area contributed by atoms with Gasteiger partial charge in [-0.25, -0.2) is 0 Å². The molecule has 0 saturated heterocycles. The van der Waals surface area contributed by atoms with E-state index in [-0.39, 0.29) is 6.61 Å². The van der Waals surface area contributed by atoms with Gasteiger partial charge in [0.15, 0.2) is 16.6 Å². The number of rotatable bonds is 7. The average Bonchev–Trinajstić information content (AvgIpc) is 2.62. The summed E-state index contributed by atoms with van der Waals surface area (Å²) in [6.45, 7) is 2.65. The van der Waals surface area contributed by atoms with Gasteiger partial charge >= 0.3 is 0 Å². The van der Waals surface area contributed by atoms with Crippen LogP contribution in [-0.2, 0) is 6.61 Å². The van der Waals surface area contributed by atoms with E-state index in [0.29, 0.717) is 33.3 Å². The van der Waals surface area contributed by atoms with E-state index in [1.165, 1.54) is 0 Å². The fraction of sp³-hybridized carbons (Fsp3) is 0.222. The van der Waals surface area contributed by atoms with E-state index in [2.05, 4.69) is 15.8 Å². The van der Waals surface area contributed by atoms with Gasteiger partial charge in [0.25, 0.3) is 0 Å². The highest BCUT2D eigenvalue weighted by Gasteiger charge is 2.10. The molecule has 5 nitrogen and oxygen atoms in total. The van der Waals surface area contributed by atoms with Gasteiger partial charge in [-0.05, 0) is 55.0 Å². The molecule has 0 heterocycles. The van der Waals surface area contributed by atoms with E-state index in [1.807, 2.05) is 25.1 Å². The first-order valence-corrected chi connectivity index (χ1v) is 9.05. The zero-order valence-electron chi connectivity index (χ0n) is 14.4. The highest BCUT2D eigenvalue weighted by atomic mass is 35.5. The molecule has 0 bridgehead atoms. The third-order valence-corrected chi connectivity index (χ3v) is 4.31. The fourth-order valence-corrected chi connectivity index (χ4v) is 2.59. The summed E-state index contributed by atoms with van der Waals surface area (Å²) in [5.74, 6) is 1.20. The van der Waals surface area contributed by atoms with Crippen LogP contribution in [0.2, 0.25) is 10.0 Å². The molecule has 0 saturated carbocycles. The normalized spacial score (nSPS) is 10.6. The quantitative estimate of drug-likeness (QED) is 0.401. The summed E-state index contributed by atoms with van der Waals surface area (Å²) in [6, 6.07) is 10.9. The van der Waals surface area contributed by atoms with Crippen LogP contribution < -0.4 is 20.2 Å². The molecule has 0 fully saturated rings. The maximum absolute atomic E-state index is 6.18. The molecule has 0 amide bonds. The molecule has 2 rings (SSSR count). The van der Waals surface area contributed by atoms with Gasteiger partial charge in [0, 0.05) is 22.7 Å². The Balaban J connectivity index is 2.14. The molecule has 0 aliphatic heterocycles. The molecule has 8 heteroatoms. The maximum atomic E-state index is 6.18. The summed E-state index contributed by atoms with van der Waals surface area (Å²) in [4.78, 5) is 0. The van der Waals surface area contributed by atoms with Crippen molar-refractivity contribution in [3.63, 3.8) is 0 Å². The van der Waals surface area contributed by atoms with Crippen LogP contribution >= 0.6 is 35.4 Å². The summed E-state index contributed by atoms with van der Waals surface area (Å²) < 4.78 is 11.5. The van der Waals surface area contributed by atoms with Crippen LogP contribution in [0.15, 0.2) is 41.5 Å². The van der Waals surface area contributed by atoms with E-state index in [0.717, 1.165) is 11.1 Å². The highest BCUT2D eigenvalue weighted by molar-refractivity contribution is 7.80. The van der Waals surface area contributed by atoms with Crippen molar-refractivity contribution in [2.24, 2.45) is 5.10 Å². The zero-order chi connectivity index (χ0) is 18.9. The second kappa shape index (κ2) is 10.2. The Bertz CT molecular complexity index is 780. The van der Waals surface area contributed by atoms with E-state index < -0.39 is 0 Å². The molecule has 0 atom stereocenters. The number of hydrogen-bond donors (Lipinski definition) is 2. The van der Waals surface area contributed by atoms with Crippen LogP contribution in [0, 0.1) is 0 Å². The summed E-state index contributed by atoms with van der Waals surface area (Å²) in [5, 5.41) is 8.38. The Morgan fingerprint density at radius 1 is 1.15 bits per heavy atom. The summed E-state index contributed by atoms with van der Waals surface area (Å²) in [6.07, 6.45) is 1.64. The molecular formula is C18H19Cl2N3O2S. The molecule has 0 aliphatic carbocycles. The van der Waals surface area contributed by atoms with E-state index in [1.54, 1.807) is 31.5 Å². The van der Waals surface area contributed by atoms with Gasteiger partial charge in [0.05, 0.1) is 12.8 Å². The molecule has 138 valence electrons. The molecule has 0 aliphatic rings. The Kier molecular flexibility index (Phi) is 7.97. The Morgan fingerprint density at radius 3 is 2.54 bits per heavy atom. The maximum Gasteiger partial charge on any atom is 0.186 e. The number of nitrogens with one attached hydrogen (secondary N) is 2. The number of hydrazone groups is 1. The van der Waals surface area contributed by atoms with E-state index in [9.17, 15) is 0 Å². The van der Waals surface area contributed by atoms with Crippen LogP contribution in [0.4, 0.5) is 0 Å². The van der Waals surface area contributed by atoms with E-state index >= 15 is 0 Å². The van der Waals surface area contributed by atoms with Crippen LogP contribution in [0.1, 0.15) is 18.1 Å². The SMILES string of the molecule is CCOc1cc(/C=N\NC(=S)NC)ccc1OCc1c(Cl)cccc1Cl. The number of halogens is 2. The van der Waals surface area contributed by atoms with Crippen molar-refractivity contribution in [1.29, 1.82) is 0 Å². The summed E-state index contributed by atoms with van der Waals surface area (Å²) in [5.41, 5.74) is 4.26. The van der Waals surface area contributed by atoms with Gasteiger partial charge in [-0.1, -0.05) is 29.3 Å². The lowest BCUT2D eigenvalue weighted by Crippen LogP contribution is -2.28. The second-order valence-corrected chi connectivity index (χ2v) is 6.30. The monoisotopic (exact) mass is 411 g/mol. The van der Waals surface area contributed by atoms with Crippen LogP contribution in [0.25, 0.3) is 0 Å². The average molecular weight is 412 g/mol. The van der Waals surface area contributed by atoms with Crippen molar-refractivity contribution in [2.45, 2.75) is 13.5 Å². The van der Waals surface area contributed by atoms with Crippen molar-refractivity contribution in [2.75, 3.05) is 13.7 Å². The first-order valence-electron chi connectivity index (χ1n) is 7.88. The fourth-order valence-electron chi connectivity index (χ4n) is 2.03. The van der Waals surface area contributed by atoms with Crippen molar-refractivity contribution in [3.8, 4) is 11.5 Å². The number of nitrogens with zero attached hydrogens (tertiary/aromatic N) is 1. The minimum Gasteiger partial charge on any atom is -0.490 e. The number of hydrogen-bond acceptors (Lipinski definition) is 4. The molecule has 0 unspecified atom stereocenters. The van der Waals surface area contributed by atoms with Gasteiger partial charge in [-0.2, -0.15) is 5.10 Å². The molecule has 0 aromatic heterocycles. The molecule has 0 spiro atoms. The third-order valence-electron chi connectivity index (χ3n) is 3.31. The predicted molar refractivity (Wildman–Crippen MR) is 111 cm³/mol. The lowest BCUT2D eigenvalue weighted by molar-refractivity contribution is 0.269. The lowest BCUT2D eigenvalue weighted by Gasteiger charge is -2.14. The van der Waals surface area contributed by atoms with Gasteiger partial charge in [-0.3, -0.25) is 5.43 Å². The largest absolute Gasteiger partial charge is 0.490 e. The van der Waals surface area contributed by atoms with Gasteiger partial charge in [0.2, 0.25) is 0 Å². The topological polar surface area (TPSA) is 54.9 Å². The van der Waals surface area contributed by atoms with Crippen LogP contribution in [0.5, 0.6) is 11.5 Å². The second-order valence-electron chi connectivity index (χ2n) is 5.08. The number of benzene rings is 2. The predicted octanol–water partition coefficient (Wildman–Crippen LogP) is 4.40. The Morgan fingerprint density at radius 2 is 1.88 bits per heavy atom. The number of ether oxygens (including phenoxy) is 2. The molecule has 2 N–H and O–H groups in total. The van der Waals surface area contributed by atoms with E-state index in [4.69, 9.17) is 44.9 Å². The zero-order valence-corrected chi connectivity index (χ0v) is 16.7. The third kappa shape index (κ3) is 5.76. The van der Waals surface area contributed by atoms with Crippen molar-refractivity contribution >= 4 is 46.7 Å². The standard InChI is InChI=1S/C18H19Cl2N3O2S/c1-3-24-17-9-12(10-22-23-18(26)21-2)7-8-16(17)25-11-13-14(19)5-4-6-15(13)20/h4-10H,3,11H2,1-2H3,(H2,21,23,26)/b22-10-. The molecule has 2 aromatic carbocycles. The van der Waals surface area contributed by atoms with Crippen molar-refractivity contribution < 1.29 is 9.47 Å². The summed E-state index contributed by atoms with van der Waals surface area (Å²) in [7, 11) is 1.72. The summed E-state index contributed by atoms with van der Waals surface area (Å²) >= 11 is 17.3. The first kappa shape index (κ1) is 20.3. The van der Waals surface area contributed by atoms with Crippen LogP contribution in [-0.4, -0.2) is 25.0 Å². The smallest absolute Gasteiger partial charge is 0.186 e. The minimum atomic E-state index is 0.240. The van der Waals surface area contributed by atoms with Gasteiger partial charge < -0.3 is 14.8 Å². The van der Waals surface area contributed by atoms with Gasteiger partial charge in [0.1, 0.15) is 6.61 Å². The van der Waals surface area contributed by atoms with Crippen molar-refractivity contribution in [1.82, 2.24) is 10.7 Å². The molecule has 0 radical (unpaired) electrons. The molecular weight excluding hydrogens is 393 g/mol. The van der Waals surface area contributed by atoms with Crippen molar-refractivity contribution in [3.05, 3.63) is 57.6 Å². The minimum absolute atomic E-state index is 0.240. The lowest BCUT2D eigenvalue weighted by atomic mass is 10.2. The van der Waals surface area contributed by atoms with Gasteiger partial charge in [-0.15, -0.1) is 0 Å². The Labute approximate surface area is 168 Å². The molecule has 26 heavy (non-hydrogen) atoms. The van der Waals surface area contributed by atoms with Crippen LogP contribution in [0.3, 0.4) is 0 Å². The Hall–Kier alpha value is -2.02. The first-order chi connectivity index (χ1) is 12.5. The number of thiocarbonyl (C=S) groups is 1. The molecule has 2 aromatic rings. The highest BCUT2D eigenvalue weighted by Crippen LogP contribution is 2.31.